The second-order valence-corrected chi connectivity index (χ2v) is 9.26. The Bertz CT molecular complexity index is 1430. The molecule has 1 heterocycles. The number of methoxy groups -OCH3 is 1. The topological polar surface area (TPSA) is 126 Å². The monoisotopic (exact) mass is 559 g/mol. The van der Waals surface area contributed by atoms with Gasteiger partial charge >= 0.3 is 17.9 Å². The second kappa shape index (κ2) is 13.4. The molecule has 1 atom stereocenters. The van der Waals surface area contributed by atoms with E-state index in [-0.39, 0.29) is 30.2 Å². The zero-order chi connectivity index (χ0) is 29.4. The van der Waals surface area contributed by atoms with Crippen molar-refractivity contribution < 1.29 is 42.9 Å². The number of hydrogen-bond acceptors (Lipinski definition) is 9. The van der Waals surface area contributed by atoms with Crippen molar-refractivity contribution in [3.63, 3.8) is 0 Å². The molecule has 0 aromatic heterocycles. The van der Waals surface area contributed by atoms with Gasteiger partial charge in [-0.3, -0.25) is 14.4 Å². The van der Waals surface area contributed by atoms with Crippen LogP contribution in [0.4, 0.5) is 5.69 Å². The van der Waals surface area contributed by atoms with Gasteiger partial charge in [0.25, 0.3) is 0 Å². The molecule has 0 bridgehead atoms. The number of nitrogens with zero attached hydrogens (tertiary/aromatic N) is 1. The number of ketones is 1. The standard InChI is InChI=1S/C31H29NO9/c1-3-15-39-29(35)21-7-11-24(12-8-21)32-18-23(17-28(32)34)30(36)40-19-27(33)20-9-13-25(14-10-20)41-31(37)22-5-4-6-26(16-22)38-2/h4-14,16,23H,3,15,17-19H2,1-2H3/t23-/m0/s1. The lowest BCUT2D eigenvalue weighted by molar-refractivity contribution is -0.147. The van der Waals surface area contributed by atoms with Crippen molar-refractivity contribution in [2.45, 2.75) is 19.8 Å². The Labute approximate surface area is 236 Å². The molecular formula is C31H29NO9. The van der Waals surface area contributed by atoms with Crippen LogP contribution in [0, 0.1) is 5.92 Å². The van der Waals surface area contributed by atoms with Gasteiger partial charge in [-0.05, 0) is 73.2 Å². The molecule has 0 radical (unpaired) electrons. The van der Waals surface area contributed by atoms with E-state index < -0.39 is 36.2 Å². The molecule has 0 spiro atoms. The van der Waals surface area contributed by atoms with Crippen molar-refractivity contribution in [1.82, 2.24) is 0 Å². The molecule has 0 saturated carbocycles. The van der Waals surface area contributed by atoms with Gasteiger partial charge in [0.15, 0.2) is 12.4 Å². The smallest absolute Gasteiger partial charge is 0.343 e. The first-order valence-electron chi connectivity index (χ1n) is 13.0. The Balaban J connectivity index is 1.27. The predicted octanol–water partition coefficient (Wildman–Crippen LogP) is 4.26. The molecule has 1 fully saturated rings. The highest BCUT2D eigenvalue weighted by Gasteiger charge is 2.36. The first kappa shape index (κ1) is 29.0. The van der Waals surface area contributed by atoms with Gasteiger partial charge in [-0.25, -0.2) is 9.59 Å². The van der Waals surface area contributed by atoms with Crippen LogP contribution in [0.25, 0.3) is 0 Å². The first-order chi connectivity index (χ1) is 19.8. The maximum absolute atomic E-state index is 12.6. The first-order valence-corrected chi connectivity index (χ1v) is 13.0. The molecule has 0 N–H and O–H groups in total. The Morgan fingerprint density at radius 1 is 0.829 bits per heavy atom. The summed E-state index contributed by atoms with van der Waals surface area (Å²) in [6.07, 6.45) is 0.658. The van der Waals surface area contributed by atoms with Crippen LogP contribution in [-0.4, -0.2) is 56.5 Å². The van der Waals surface area contributed by atoms with E-state index in [1.165, 1.54) is 36.3 Å². The number of benzene rings is 3. The third kappa shape index (κ3) is 7.36. The van der Waals surface area contributed by atoms with E-state index in [9.17, 15) is 24.0 Å². The highest BCUT2D eigenvalue weighted by atomic mass is 16.5. The number of ether oxygens (including phenoxy) is 4. The Kier molecular flexibility index (Phi) is 9.47. The molecule has 4 rings (SSSR count). The van der Waals surface area contributed by atoms with Crippen LogP contribution >= 0.6 is 0 Å². The lowest BCUT2D eigenvalue weighted by atomic mass is 10.1. The summed E-state index contributed by atoms with van der Waals surface area (Å²) in [7, 11) is 1.50. The minimum absolute atomic E-state index is 0.0549. The van der Waals surface area contributed by atoms with Gasteiger partial charge in [0.2, 0.25) is 5.91 Å². The minimum atomic E-state index is -0.733. The second-order valence-electron chi connectivity index (χ2n) is 9.26. The van der Waals surface area contributed by atoms with E-state index in [0.717, 1.165) is 0 Å². The van der Waals surface area contributed by atoms with Crippen LogP contribution in [-0.2, 0) is 19.1 Å². The van der Waals surface area contributed by atoms with E-state index in [4.69, 9.17) is 18.9 Å². The summed E-state index contributed by atoms with van der Waals surface area (Å²) >= 11 is 0. The summed E-state index contributed by atoms with van der Waals surface area (Å²) in [6.45, 7) is 1.82. The van der Waals surface area contributed by atoms with E-state index in [2.05, 4.69) is 0 Å². The van der Waals surface area contributed by atoms with Crippen LogP contribution in [0.5, 0.6) is 11.5 Å². The molecule has 1 amide bonds. The average Bonchev–Trinajstić information content (AvgIpc) is 3.40. The number of amides is 1. The van der Waals surface area contributed by atoms with E-state index in [1.54, 1.807) is 48.5 Å². The normalized spacial score (nSPS) is 14.3. The van der Waals surface area contributed by atoms with E-state index >= 15 is 0 Å². The van der Waals surface area contributed by atoms with Crippen molar-refractivity contribution >= 4 is 35.3 Å². The lowest BCUT2D eigenvalue weighted by Gasteiger charge is -2.17. The van der Waals surface area contributed by atoms with Crippen LogP contribution in [0.3, 0.4) is 0 Å². The average molecular weight is 560 g/mol. The molecule has 0 unspecified atom stereocenters. The summed E-state index contributed by atoms with van der Waals surface area (Å²) < 4.78 is 20.8. The van der Waals surface area contributed by atoms with Crippen LogP contribution < -0.4 is 14.4 Å². The summed E-state index contributed by atoms with van der Waals surface area (Å²) in [5.41, 5.74) is 1.48. The fourth-order valence-corrected chi connectivity index (χ4v) is 4.13. The molecule has 10 nitrogen and oxygen atoms in total. The Hall–Kier alpha value is -4.99. The quantitative estimate of drug-likeness (QED) is 0.192. The number of anilines is 1. The molecule has 3 aromatic carbocycles. The molecule has 212 valence electrons. The summed E-state index contributed by atoms with van der Waals surface area (Å²) in [4.78, 5) is 63.6. The zero-order valence-electron chi connectivity index (χ0n) is 22.7. The number of hydrogen-bond donors (Lipinski definition) is 0. The SMILES string of the molecule is CCCOC(=O)c1ccc(N2C[C@@H](C(=O)OCC(=O)c3ccc(OC(=O)c4cccc(OC)c4)cc3)CC2=O)cc1. The van der Waals surface area contributed by atoms with E-state index in [0.29, 0.717) is 35.6 Å². The largest absolute Gasteiger partial charge is 0.497 e. The number of carbonyl (C=O) groups is 5. The van der Waals surface area contributed by atoms with Crippen LogP contribution in [0.2, 0.25) is 0 Å². The van der Waals surface area contributed by atoms with Crippen molar-refractivity contribution in [3.8, 4) is 11.5 Å². The number of carbonyl (C=O) groups excluding carboxylic acids is 5. The summed E-state index contributed by atoms with van der Waals surface area (Å²) in [6, 6.07) is 18.8. The number of esters is 3. The van der Waals surface area contributed by atoms with Crippen LogP contribution in [0.1, 0.15) is 50.8 Å². The fourth-order valence-electron chi connectivity index (χ4n) is 4.13. The van der Waals surface area contributed by atoms with Crippen molar-refractivity contribution in [1.29, 1.82) is 0 Å². The molecule has 0 aliphatic carbocycles. The van der Waals surface area contributed by atoms with Gasteiger partial charge in [-0.2, -0.15) is 0 Å². The fraction of sp³-hybridized carbons (Fsp3) is 0.258. The highest BCUT2D eigenvalue weighted by molar-refractivity contribution is 6.01. The number of rotatable bonds is 11. The van der Waals surface area contributed by atoms with Crippen molar-refractivity contribution in [2.24, 2.45) is 5.92 Å². The van der Waals surface area contributed by atoms with Gasteiger partial charge in [0.05, 0.1) is 30.8 Å². The molecule has 1 saturated heterocycles. The van der Waals surface area contributed by atoms with Gasteiger partial charge < -0.3 is 23.8 Å². The van der Waals surface area contributed by atoms with Gasteiger partial charge in [-0.1, -0.05) is 13.0 Å². The molecule has 1 aliphatic rings. The highest BCUT2D eigenvalue weighted by Crippen LogP contribution is 2.26. The molecule has 41 heavy (non-hydrogen) atoms. The van der Waals surface area contributed by atoms with Crippen molar-refractivity contribution in [2.75, 3.05) is 31.8 Å². The zero-order valence-corrected chi connectivity index (χ0v) is 22.7. The predicted molar refractivity (Wildman–Crippen MR) is 147 cm³/mol. The third-order valence-corrected chi connectivity index (χ3v) is 6.35. The maximum atomic E-state index is 12.6. The third-order valence-electron chi connectivity index (χ3n) is 6.35. The van der Waals surface area contributed by atoms with E-state index in [1.807, 2.05) is 6.92 Å². The Morgan fingerprint density at radius 2 is 1.54 bits per heavy atom. The summed E-state index contributed by atoms with van der Waals surface area (Å²) in [5.74, 6) is -2.37. The van der Waals surface area contributed by atoms with Gasteiger partial charge in [0, 0.05) is 24.2 Å². The molecular weight excluding hydrogens is 530 g/mol. The molecule has 3 aromatic rings. The molecule has 10 heteroatoms. The Morgan fingerprint density at radius 3 is 2.22 bits per heavy atom. The maximum Gasteiger partial charge on any atom is 0.343 e. The minimum Gasteiger partial charge on any atom is -0.497 e. The van der Waals surface area contributed by atoms with Crippen LogP contribution in [0.15, 0.2) is 72.8 Å². The summed E-state index contributed by atoms with van der Waals surface area (Å²) in [5, 5.41) is 0. The molecule has 1 aliphatic heterocycles. The van der Waals surface area contributed by atoms with Crippen molar-refractivity contribution in [3.05, 3.63) is 89.5 Å². The van der Waals surface area contributed by atoms with Gasteiger partial charge in [-0.15, -0.1) is 0 Å². The van der Waals surface area contributed by atoms with Gasteiger partial charge in [0.1, 0.15) is 11.5 Å². The number of Topliss-reactive ketones (excluding diaryl/α,β-unsaturated/α-hetero) is 1. The lowest BCUT2D eigenvalue weighted by Crippen LogP contribution is -2.27.